The highest BCUT2D eigenvalue weighted by Gasteiger charge is 2.18. The number of carbonyl (C=O) groups is 1. The van der Waals surface area contributed by atoms with Crippen molar-refractivity contribution in [2.24, 2.45) is 0 Å². The van der Waals surface area contributed by atoms with Gasteiger partial charge in [0.15, 0.2) is 5.82 Å². The quantitative estimate of drug-likeness (QED) is 0.936. The van der Waals surface area contributed by atoms with Crippen LogP contribution in [0.4, 0.5) is 4.39 Å². The lowest BCUT2D eigenvalue weighted by Crippen LogP contribution is -2.04. The first-order valence-corrected chi connectivity index (χ1v) is 6.01. The largest absolute Gasteiger partial charge is 0.478 e. The molecule has 0 aliphatic carbocycles. The third-order valence-electron chi connectivity index (χ3n) is 2.88. The van der Waals surface area contributed by atoms with Crippen molar-refractivity contribution in [3.63, 3.8) is 0 Å². The summed E-state index contributed by atoms with van der Waals surface area (Å²) in [6.07, 6.45) is 1.16. The monoisotopic (exact) mass is 286 g/mol. The van der Waals surface area contributed by atoms with Crippen LogP contribution in [0.2, 0.25) is 0 Å². The molecule has 1 aromatic carbocycles. The van der Waals surface area contributed by atoms with Gasteiger partial charge in [-0.2, -0.15) is 5.26 Å². The summed E-state index contributed by atoms with van der Waals surface area (Å²) in [6.45, 7) is 3.42. The number of aromatic carboxylic acids is 1. The smallest absolute Gasteiger partial charge is 0.338 e. The van der Waals surface area contributed by atoms with E-state index in [2.05, 4.69) is 4.98 Å². The normalized spacial score (nSPS) is 10.0. The number of rotatable bonds is 3. The van der Waals surface area contributed by atoms with Crippen LogP contribution in [-0.2, 0) is 0 Å². The molecule has 0 aliphatic rings. The molecule has 0 bridgehead atoms. The highest BCUT2D eigenvalue weighted by Crippen LogP contribution is 2.30. The van der Waals surface area contributed by atoms with Crippen LogP contribution < -0.4 is 4.74 Å². The van der Waals surface area contributed by atoms with Crippen molar-refractivity contribution in [2.45, 2.75) is 13.8 Å². The zero-order chi connectivity index (χ0) is 15.6. The first-order chi connectivity index (χ1) is 9.93. The zero-order valence-corrected chi connectivity index (χ0v) is 11.3. The summed E-state index contributed by atoms with van der Waals surface area (Å²) in [7, 11) is 0. The Morgan fingerprint density at radius 1 is 1.38 bits per heavy atom. The van der Waals surface area contributed by atoms with E-state index in [4.69, 9.17) is 15.1 Å². The Bertz CT molecular complexity index is 743. The van der Waals surface area contributed by atoms with Gasteiger partial charge < -0.3 is 9.84 Å². The number of hydrogen-bond donors (Lipinski definition) is 1. The topological polar surface area (TPSA) is 83.2 Å². The zero-order valence-electron chi connectivity index (χ0n) is 11.3. The fraction of sp³-hybridized carbons (Fsp3) is 0.133. The number of carboxylic acids is 1. The summed E-state index contributed by atoms with van der Waals surface area (Å²) in [5, 5.41) is 17.8. The lowest BCUT2D eigenvalue weighted by Gasteiger charge is -2.12. The van der Waals surface area contributed by atoms with Crippen LogP contribution in [0.1, 0.15) is 27.0 Å². The molecule has 1 aromatic heterocycles. The molecule has 0 atom stereocenters. The number of halogens is 1. The standard InChI is InChI=1S/C15H11FN2O3/c1-8-5-10(7-17)6-9(2)13(8)21-14-12(16)11(15(19)20)3-4-18-14/h3-6H,1-2H3,(H,19,20). The molecule has 5 nitrogen and oxygen atoms in total. The number of benzene rings is 1. The van der Waals surface area contributed by atoms with Gasteiger partial charge in [-0.3, -0.25) is 0 Å². The van der Waals surface area contributed by atoms with Crippen molar-refractivity contribution in [1.82, 2.24) is 4.98 Å². The molecule has 2 aromatic rings. The summed E-state index contributed by atoms with van der Waals surface area (Å²) >= 11 is 0. The maximum Gasteiger partial charge on any atom is 0.338 e. The maximum atomic E-state index is 14.0. The van der Waals surface area contributed by atoms with Crippen molar-refractivity contribution in [1.29, 1.82) is 5.26 Å². The third kappa shape index (κ3) is 2.82. The first-order valence-electron chi connectivity index (χ1n) is 6.01. The van der Waals surface area contributed by atoms with E-state index in [9.17, 15) is 9.18 Å². The predicted molar refractivity (Wildman–Crippen MR) is 71.9 cm³/mol. The van der Waals surface area contributed by atoms with E-state index in [0.717, 1.165) is 12.3 Å². The van der Waals surface area contributed by atoms with Crippen LogP contribution in [0.15, 0.2) is 24.4 Å². The van der Waals surface area contributed by atoms with Gasteiger partial charge in [-0.1, -0.05) is 0 Å². The summed E-state index contributed by atoms with van der Waals surface area (Å²) in [6, 6.07) is 6.27. The Morgan fingerprint density at radius 2 is 2.00 bits per heavy atom. The minimum atomic E-state index is -1.40. The molecule has 0 saturated heterocycles. The van der Waals surface area contributed by atoms with Crippen molar-refractivity contribution in [3.05, 3.63) is 52.5 Å². The molecular weight excluding hydrogens is 275 g/mol. The second kappa shape index (κ2) is 5.59. The molecule has 0 spiro atoms. The number of pyridine rings is 1. The summed E-state index contributed by atoms with van der Waals surface area (Å²) in [5.74, 6) is -2.49. The van der Waals surface area contributed by atoms with Gasteiger partial charge in [0.25, 0.3) is 5.88 Å². The molecule has 0 amide bonds. The molecule has 0 unspecified atom stereocenters. The van der Waals surface area contributed by atoms with Crippen molar-refractivity contribution < 1.29 is 19.0 Å². The lowest BCUT2D eigenvalue weighted by atomic mass is 10.1. The highest BCUT2D eigenvalue weighted by molar-refractivity contribution is 5.88. The molecule has 0 aliphatic heterocycles. The summed E-state index contributed by atoms with van der Waals surface area (Å²) < 4.78 is 19.4. The van der Waals surface area contributed by atoms with Crippen LogP contribution >= 0.6 is 0 Å². The summed E-state index contributed by atoms with van der Waals surface area (Å²) in [5.41, 5.74) is 1.22. The van der Waals surface area contributed by atoms with E-state index >= 15 is 0 Å². The molecule has 0 fully saturated rings. The van der Waals surface area contributed by atoms with Crippen LogP contribution in [0.3, 0.4) is 0 Å². The Hall–Kier alpha value is -2.94. The molecule has 106 valence electrons. The predicted octanol–water partition coefficient (Wildman–Crippen LogP) is 3.20. The Balaban J connectivity index is 2.47. The van der Waals surface area contributed by atoms with Gasteiger partial charge >= 0.3 is 5.97 Å². The number of carboxylic acid groups (broad SMARTS) is 1. The number of aryl methyl sites for hydroxylation is 2. The van der Waals surface area contributed by atoms with E-state index in [0.29, 0.717) is 22.4 Å². The number of nitrogens with zero attached hydrogens (tertiary/aromatic N) is 2. The van der Waals surface area contributed by atoms with E-state index in [-0.39, 0.29) is 0 Å². The minimum Gasteiger partial charge on any atom is -0.478 e. The van der Waals surface area contributed by atoms with Crippen LogP contribution in [0.25, 0.3) is 0 Å². The van der Waals surface area contributed by atoms with Gasteiger partial charge in [0.05, 0.1) is 11.6 Å². The van der Waals surface area contributed by atoms with Gasteiger partial charge in [0.2, 0.25) is 0 Å². The van der Waals surface area contributed by atoms with Crippen LogP contribution in [-0.4, -0.2) is 16.1 Å². The first kappa shape index (κ1) is 14.5. The van der Waals surface area contributed by atoms with E-state index in [1.807, 2.05) is 6.07 Å². The molecule has 21 heavy (non-hydrogen) atoms. The fourth-order valence-corrected chi connectivity index (χ4v) is 1.93. The molecule has 0 radical (unpaired) electrons. The third-order valence-corrected chi connectivity index (χ3v) is 2.88. The van der Waals surface area contributed by atoms with Gasteiger partial charge in [0.1, 0.15) is 11.3 Å². The molecule has 1 heterocycles. The van der Waals surface area contributed by atoms with Crippen molar-refractivity contribution in [3.8, 4) is 17.7 Å². The van der Waals surface area contributed by atoms with Crippen LogP contribution in [0.5, 0.6) is 11.6 Å². The average molecular weight is 286 g/mol. The number of nitriles is 1. The number of ether oxygens (including phenoxy) is 1. The number of aromatic nitrogens is 1. The van der Waals surface area contributed by atoms with Crippen molar-refractivity contribution >= 4 is 5.97 Å². The van der Waals surface area contributed by atoms with Crippen LogP contribution in [0, 0.1) is 31.0 Å². The van der Waals surface area contributed by atoms with Gasteiger partial charge in [0, 0.05) is 6.20 Å². The molecule has 6 heteroatoms. The maximum absolute atomic E-state index is 14.0. The second-order valence-electron chi connectivity index (χ2n) is 4.44. The molecule has 0 saturated carbocycles. The lowest BCUT2D eigenvalue weighted by molar-refractivity contribution is 0.0690. The van der Waals surface area contributed by atoms with E-state index in [1.54, 1.807) is 26.0 Å². The fourth-order valence-electron chi connectivity index (χ4n) is 1.93. The Morgan fingerprint density at radius 3 is 2.52 bits per heavy atom. The Kier molecular flexibility index (Phi) is 3.85. The molecule has 2 rings (SSSR count). The number of hydrogen-bond acceptors (Lipinski definition) is 4. The highest BCUT2D eigenvalue weighted by atomic mass is 19.1. The van der Waals surface area contributed by atoms with E-state index < -0.39 is 23.2 Å². The minimum absolute atomic E-state index is 0.350. The van der Waals surface area contributed by atoms with Gasteiger partial charge in [-0.05, 0) is 43.2 Å². The molecule has 1 N–H and O–H groups in total. The van der Waals surface area contributed by atoms with E-state index in [1.165, 1.54) is 0 Å². The van der Waals surface area contributed by atoms with Gasteiger partial charge in [-0.25, -0.2) is 14.2 Å². The second-order valence-corrected chi connectivity index (χ2v) is 4.44. The van der Waals surface area contributed by atoms with Gasteiger partial charge in [-0.15, -0.1) is 0 Å². The molecular formula is C15H11FN2O3. The van der Waals surface area contributed by atoms with Crippen molar-refractivity contribution in [2.75, 3.05) is 0 Å². The summed E-state index contributed by atoms with van der Waals surface area (Å²) in [4.78, 5) is 14.6. The average Bonchev–Trinajstić information content (AvgIpc) is 2.43. The Labute approximate surface area is 120 Å². The SMILES string of the molecule is Cc1cc(C#N)cc(C)c1Oc1nccc(C(=O)O)c1F.